The van der Waals surface area contributed by atoms with Gasteiger partial charge in [0.2, 0.25) is 5.91 Å². The number of amides is 1. The largest absolute Gasteiger partial charge is 0.369 e. The van der Waals surface area contributed by atoms with E-state index in [2.05, 4.69) is 27.2 Å². The average molecular weight is 440 g/mol. The maximum atomic E-state index is 13.0. The molecule has 1 aliphatic carbocycles. The molecule has 1 atom stereocenters. The lowest BCUT2D eigenvalue weighted by molar-refractivity contribution is -0.120. The lowest BCUT2D eigenvalue weighted by Crippen LogP contribution is -2.52. The fourth-order valence-electron chi connectivity index (χ4n) is 4.60. The van der Waals surface area contributed by atoms with Crippen molar-refractivity contribution in [2.24, 2.45) is 0 Å². The number of nitrogens with zero attached hydrogens (tertiary/aromatic N) is 2. The van der Waals surface area contributed by atoms with Crippen molar-refractivity contribution in [3.8, 4) is 0 Å². The van der Waals surface area contributed by atoms with Crippen molar-refractivity contribution in [1.29, 1.82) is 0 Å². The van der Waals surface area contributed by atoms with Gasteiger partial charge in [0, 0.05) is 59.8 Å². The van der Waals surface area contributed by atoms with Gasteiger partial charge in [-0.3, -0.25) is 19.3 Å². The highest BCUT2D eigenvalue weighted by Crippen LogP contribution is 2.29. The molecule has 33 heavy (non-hydrogen) atoms. The van der Waals surface area contributed by atoms with Gasteiger partial charge in [0.05, 0.1) is 6.04 Å². The van der Waals surface area contributed by atoms with Crippen LogP contribution in [0.1, 0.15) is 38.8 Å². The molecular weight excluding hydrogens is 414 g/mol. The summed E-state index contributed by atoms with van der Waals surface area (Å²) in [5.41, 5.74) is 3.26. The number of hydrogen-bond donors (Lipinski definition) is 1. The van der Waals surface area contributed by atoms with Crippen molar-refractivity contribution in [2.75, 3.05) is 36.4 Å². The van der Waals surface area contributed by atoms with E-state index in [0.29, 0.717) is 27.9 Å². The second-order valence-corrected chi connectivity index (χ2v) is 8.49. The van der Waals surface area contributed by atoms with Gasteiger partial charge in [-0.05, 0) is 37.3 Å². The monoisotopic (exact) mass is 439 g/mol. The van der Waals surface area contributed by atoms with Crippen molar-refractivity contribution in [2.45, 2.75) is 13.0 Å². The van der Waals surface area contributed by atoms with E-state index in [1.807, 2.05) is 25.1 Å². The van der Waals surface area contributed by atoms with Crippen LogP contribution >= 0.6 is 0 Å². The molecule has 3 aromatic rings. The van der Waals surface area contributed by atoms with Gasteiger partial charge in [0.25, 0.3) is 0 Å². The molecule has 166 valence electrons. The molecule has 0 aromatic heterocycles. The predicted octanol–water partition coefficient (Wildman–Crippen LogP) is 3.61. The van der Waals surface area contributed by atoms with Gasteiger partial charge in [-0.2, -0.15) is 0 Å². The minimum Gasteiger partial charge on any atom is -0.369 e. The van der Waals surface area contributed by atoms with Gasteiger partial charge in [-0.25, -0.2) is 0 Å². The first-order valence-electron chi connectivity index (χ1n) is 11.2. The zero-order valence-corrected chi connectivity index (χ0v) is 18.5. The Hall–Kier alpha value is -3.77. The molecule has 0 spiro atoms. The van der Waals surface area contributed by atoms with Crippen molar-refractivity contribution in [3.05, 3.63) is 95.1 Å². The van der Waals surface area contributed by atoms with Crippen molar-refractivity contribution in [1.82, 2.24) is 4.90 Å². The average Bonchev–Trinajstić information content (AvgIpc) is 2.87. The SMILES string of the molecule is C[C@@H](C(=O)Nc1ccc2c(c1)C(=O)c1ccccc1C2=O)N1CCN(c2ccccc2)CC1. The van der Waals surface area contributed by atoms with Gasteiger partial charge < -0.3 is 10.2 Å². The number of rotatable bonds is 4. The quantitative estimate of drug-likeness (QED) is 0.526. The third-order valence-corrected chi connectivity index (χ3v) is 6.56. The highest BCUT2D eigenvalue weighted by atomic mass is 16.2. The van der Waals surface area contributed by atoms with E-state index in [9.17, 15) is 14.4 Å². The second kappa shape index (κ2) is 8.64. The first-order valence-corrected chi connectivity index (χ1v) is 11.2. The number of fused-ring (bicyclic) bond motifs is 2. The molecule has 3 aromatic carbocycles. The molecule has 0 bridgehead atoms. The molecule has 1 heterocycles. The Bertz CT molecular complexity index is 1230. The lowest BCUT2D eigenvalue weighted by atomic mass is 9.84. The molecule has 0 unspecified atom stereocenters. The second-order valence-electron chi connectivity index (χ2n) is 8.49. The van der Waals surface area contributed by atoms with Crippen LogP contribution in [0, 0.1) is 0 Å². The molecule has 2 aliphatic rings. The minimum absolute atomic E-state index is 0.127. The number of carbonyl (C=O) groups excluding carboxylic acids is 3. The minimum atomic E-state index is -0.308. The number of para-hydroxylation sites is 1. The molecule has 6 heteroatoms. The van der Waals surface area contributed by atoms with Crippen LogP contribution in [0.4, 0.5) is 11.4 Å². The summed E-state index contributed by atoms with van der Waals surface area (Å²) >= 11 is 0. The van der Waals surface area contributed by atoms with Crippen LogP contribution in [0.3, 0.4) is 0 Å². The number of anilines is 2. The summed E-state index contributed by atoms with van der Waals surface area (Å²) < 4.78 is 0. The zero-order valence-electron chi connectivity index (χ0n) is 18.5. The molecule has 5 rings (SSSR count). The van der Waals surface area contributed by atoms with Crippen molar-refractivity contribution < 1.29 is 14.4 Å². The Morgan fingerprint density at radius 3 is 2.00 bits per heavy atom. The molecular formula is C27H25N3O3. The van der Waals surface area contributed by atoms with Crippen LogP contribution in [-0.2, 0) is 4.79 Å². The maximum Gasteiger partial charge on any atom is 0.241 e. The Balaban J connectivity index is 1.26. The predicted molar refractivity (Wildman–Crippen MR) is 128 cm³/mol. The number of carbonyl (C=O) groups is 3. The molecule has 0 radical (unpaired) electrons. The summed E-state index contributed by atoms with van der Waals surface area (Å²) in [4.78, 5) is 43.2. The topological polar surface area (TPSA) is 69.7 Å². The first kappa shape index (κ1) is 21.1. The van der Waals surface area contributed by atoms with Crippen LogP contribution in [0.25, 0.3) is 0 Å². The smallest absolute Gasteiger partial charge is 0.241 e. The summed E-state index contributed by atoms with van der Waals surface area (Å²) in [7, 11) is 0. The highest BCUT2D eigenvalue weighted by molar-refractivity contribution is 6.28. The summed E-state index contributed by atoms with van der Waals surface area (Å²) in [5, 5.41) is 2.93. The molecule has 1 aliphatic heterocycles. The molecule has 0 saturated carbocycles. The van der Waals surface area contributed by atoms with E-state index < -0.39 is 0 Å². The van der Waals surface area contributed by atoms with E-state index in [4.69, 9.17) is 0 Å². The summed E-state index contributed by atoms with van der Waals surface area (Å²) in [6, 6.07) is 21.8. The molecule has 6 nitrogen and oxygen atoms in total. The van der Waals surface area contributed by atoms with Crippen LogP contribution < -0.4 is 10.2 Å². The Labute approximate surface area is 192 Å². The normalized spacial score (nSPS) is 16.7. The number of nitrogens with one attached hydrogen (secondary N) is 1. The Morgan fingerprint density at radius 1 is 0.758 bits per heavy atom. The summed E-state index contributed by atoms with van der Waals surface area (Å²) in [6.07, 6.45) is 0. The molecule has 1 amide bonds. The van der Waals surface area contributed by atoms with Crippen LogP contribution in [0.2, 0.25) is 0 Å². The Kier molecular flexibility index (Phi) is 5.52. The van der Waals surface area contributed by atoms with E-state index in [1.54, 1.807) is 42.5 Å². The van der Waals surface area contributed by atoms with Gasteiger partial charge in [-0.1, -0.05) is 42.5 Å². The molecule has 1 fully saturated rings. The number of ketones is 2. The number of benzene rings is 3. The molecule has 1 N–H and O–H groups in total. The van der Waals surface area contributed by atoms with Gasteiger partial charge >= 0.3 is 0 Å². The Morgan fingerprint density at radius 2 is 1.33 bits per heavy atom. The number of piperazine rings is 1. The van der Waals surface area contributed by atoms with Gasteiger partial charge in [0.1, 0.15) is 0 Å². The maximum absolute atomic E-state index is 13.0. The van der Waals surface area contributed by atoms with Gasteiger partial charge in [-0.15, -0.1) is 0 Å². The third kappa shape index (κ3) is 3.94. The standard InChI is InChI=1S/C27H25N3O3/c1-18(29-13-15-30(16-14-29)20-7-3-2-4-8-20)27(33)28-19-11-12-23-24(17-19)26(32)22-10-6-5-9-21(22)25(23)31/h2-12,17-18H,13-16H2,1H3,(H,28,33)/t18-/m0/s1. The zero-order chi connectivity index (χ0) is 22.9. The van der Waals surface area contributed by atoms with Crippen molar-refractivity contribution >= 4 is 28.8 Å². The summed E-state index contributed by atoms with van der Waals surface area (Å²) in [5.74, 6) is -0.484. The fraction of sp³-hybridized carbons (Fsp3) is 0.222. The first-order chi connectivity index (χ1) is 16.0. The van der Waals surface area contributed by atoms with Gasteiger partial charge in [0.15, 0.2) is 11.6 Å². The number of hydrogen-bond acceptors (Lipinski definition) is 5. The lowest BCUT2D eigenvalue weighted by Gasteiger charge is -2.38. The van der Waals surface area contributed by atoms with Crippen molar-refractivity contribution in [3.63, 3.8) is 0 Å². The van der Waals surface area contributed by atoms with E-state index in [-0.39, 0.29) is 23.5 Å². The van der Waals surface area contributed by atoms with Crippen LogP contribution in [-0.4, -0.2) is 54.6 Å². The highest BCUT2D eigenvalue weighted by Gasteiger charge is 2.30. The van der Waals surface area contributed by atoms with Crippen LogP contribution in [0.15, 0.2) is 72.8 Å². The fourth-order valence-corrected chi connectivity index (χ4v) is 4.60. The van der Waals surface area contributed by atoms with E-state index in [0.717, 1.165) is 26.2 Å². The van der Waals surface area contributed by atoms with Crippen LogP contribution in [0.5, 0.6) is 0 Å². The molecule has 1 saturated heterocycles. The van der Waals surface area contributed by atoms with E-state index in [1.165, 1.54) is 5.69 Å². The van der Waals surface area contributed by atoms with E-state index >= 15 is 0 Å². The third-order valence-electron chi connectivity index (χ3n) is 6.56. The summed E-state index contributed by atoms with van der Waals surface area (Å²) in [6.45, 7) is 5.19.